The summed E-state index contributed by atoms with van der Waals surface area (Å²) in [5.74, 6) is 0.811. The monoisotopic (exact) mass is 253 g/mol. The standard InChI is InChI=1S/C17H19NO/c19-18-12-11-16(14-7-3-1-4-8-14)17(13-18)15-9-5-2-6-10-15/h1-10,16-18H,11-13H2. The Morgan fingerprint density at radius 1 is 0.789 bits per heavy atom. The van der Waals surface area contributed by atoms with E-state index >= 15 is 0 Å². The molecule has 1 aliphatic rings. The largest absolute Gasteiger partial charge is 0.634 e. The minimum atomic E-state index is 0.338. The molecule has 0 aromatic heterocycles. The van der Waals surface area contributed by atoms with Crippen LogP contribution in [0.25, 0.3) is 0 Å². The van der Waals surface area contributed by atoms with Gasteiger partial charge >= 0.3 is 0 Å². The summed E-state index contributed by atoms with van der Waals surface area (Å²) in [6.45, 7) is 1.41. The Kier molecular flexibility index (Phi) is 3.62. The summed E-state index contributed by atoms with van der Waals surface area (Å²) >= 11 is 0. The van der Waals surface area contributed by atoms with Crippen molar-refractivity contribution in [3.63, 3.8) is 0 Å². The minimum absolute atomic E-state index is 0.338. The Labute approximate surface area is 114 Å². The van der Waals surface area contributed by atoms with Crippen molar-refractivity contribution < 1.29 is 5.06 Å². The third-order valence-electron chi connectivity index (χ3n) is 4.12. The lowest BCUT2D eigenvalue weighted by molar-refractivity contribution is -0.855. The molecule has 98 valence electrons. The van der Waals surface area contributed by atoms with E-state index < -0.39 is 0 Å². The maximum Gasteiger partial charge on any atom is 0.0843 e. The number of hydroxylamine groups is 2. The molecule has 3 rings (SSSR count). The smallest absolute Gasteiger partial charge is 0.0843 e. The van der Waals surface area contributed by atoms with E-state index in [0.29, 0.717) is 23.4 Å². The number of rotatable bonds is 2. The first-order valence-electron chi connectivity index (χ1n) is 6.96. The van der Waals surface area contributed by atoms with Gasteiger partial charge in [-0.3, -0.25) is 0 Å². The van der Waals surface area contributed by atoms with Gasteiger partial charge in [0.05, 0.1) is 13.1 Å². The molecule has 3 atom stereocenters. The molecular weight excluding hydrogens is 234 g/mol. The van der Waals surface area contributed by atoms with Crippen molar-refractivity contribution in [3.8, 4) is 0 Å². The van der Waals surface area contributed by atoms with Crippen molar-refractivity contribution in [1.82, 2.24) is 0 Å². The molecule has 0 bridgehead atoms. The topological polar surface area (TPSA) is 27.5 Å². The summed E-state index contributed by atoms with van der Waals surface area (Å²) in [6, 6.07) is 21.1. The number of benzene rings is 2. The fraction of sp³-hybridized carbons (Fsp3) is 0.294. The van der Waals surface area contributed by atoms with Crippen LogP contribution in [0.1, 0.15) is 29.4 Å². The molecule has 1 fully saturated rings. The normalized spacial score (nSPS) is 27.1. The van der Waals surface area contributed by atoms with Crippen LogP contribution in [-0.4, -0.2) is 13.1 Å². The summed E-state index contributed by atoms with van der Waals surface area (Å²) in [6.07, 6.45) is 0.975. The molecule has 2 aromatic rings. The van der Waals surface area contributed by atoms with Crippen LogP contribution >= 0.6 is 0 Å². The van der Waals surface area contributed by atoms with Gasteiger partial charge in [0.15, 0.2) is 0 Å². The van der Waals surface area contributed by atoms with E-state index in [2.05, 4.69) is 54.6 Å². The molecular formula is C17H19NO. The lowest BCUT2D eigenvalue weighted by Crippen LogP contribution is -3.09. The van der Waals surface area contributed by atoms with Gasteiger partial charge < -0.3 is 10.3 Å². The van der Waals surface area contributed by atoms with Gasteiger partial charge in [0, 0.05) is 18.3 Å². The predicted molar refractivity (Wildman–Crippen MR) is 77.0 cm³/mol. The maximum atomic E-state index is 11.8. The van der Waals surface area contributed by atoms with Crippen LogP contribution in [0.15, 0.2) is 60.7 Å². The molecule has 1 heterocycles. The molecule has 0 spiro atoms. The molecule has 1 N–H and O–H groups in total. The average Bonchev–Trinajstić information content (AvgIpc) is 2.49. The lowest BCUT2D eigenvalue weighted by atomic mass is 9.77. The fourth-order valence-electron chi connectivity index (χ4n) is 3.16. The molecule has 1 aliphatic heterocycles. The Bertz CT molecular complexity index is 511. The molecule has 0 amide bonds. The zero-order valence-electron chi connectivity index (χ0n) is 11.0. The zero-order valence-corrected chi connectivity index (χ0v) is 11.0. The van der Waals surface area contributed by atoms with Crippen LogP contribution in [0.2, 0.25) is 0 Å². The number of hydrogen-bond donors (Lipinski definition) is 1. The van der Waals surface area contributed by atoms with E-state index in [1.54, 1.807) is 0 Å². The van der Waals surface area contributed by atoms with E-state index in [1.165, 1.54) is 11.1 Å². The summed E-state index contributed by atoms with van der Waals surface area (Å²) in [7, 11) is 0. The van der Waals surface area contributed by atoms with E-state index in [0.717, 1.165) is 13.0 Å². The average molecular weight is 253 g/mol. The van der Waals surface area contributed by atoms with Crippen LogP contribution in [0.4, 0.5) is 0 Å². The highest BCUT2D eigenvalue weighted by atomic mass is 16.5. The van der Waals surface area contributed by atoms with E-state index in [9.17, 15) is 5.21 Å². The number of hydrogen-bond acceptors (Lipinski definition) is 1. The van der Waals surface area contributed by atoms with Crippen LogP contribution < -0.4 is 5.06 Å². The van der Waals surface area contributed by atoms with Gasteiger partial charge in [-0.2, -0.15) is 0 Å². The molecule has 0 saturated carbocycles. The Balaban J connectivity index is 1.93. The highest BCUT2D eigenvalue weighted by molar-refractivity contribution is 5.29. The zero-order chi connectivity index (χ0) is 13.1. The molecule has 19 heavy (non-hydrogen) atoms. The van der Waals surface area contributed by atoms with Crippen LogP contribution in [-0.2, 0) is 0 Å². The summed E-state index contributed by atoms with van der Waals surface area (Å²) in [4.78, 5) is 0. The first-order chi connectivity index (χ1) is 9.34. The molecule has 2 nitrogen and oxygen atoms in total. The molecule has 2 aromatic carbocycles. The predicted octanol–water partition coefficient (Wildman–Crippen LogP) is 2.34. The SMILES string of the molecule is [O-][NH+]1CCC(c2ccccc2)C(c2ccccc2)C1. The van der Waals surface area contributed by atoms with Crippen LogP contribution in [0, 0.1) is 5.21 Å². The van der Waals surface area contributed by atoms with Gasteiger partial charge in [-0.25, -0.2) is 0 Å². The first-order valence-corrected chi connectivity index (χ1v) is 6.96. The Morgan fingerprint density at radius 3 is 1.89 bits per heavy atom. The van der Waals surface area contributed by atoms with Crippen molar-refractivity contribution in [2.45, 2.75) is 18.3 Å². The van der Waals surface area contributed by atoms with Crippen molar-refractivity contribution >= 4 is 0 Å². The Morgan fingerprint density at radius 2 is 1.32 bits per heavy atom. The molecule has 0 aliphatic carbocycles. The number of nitrogens with one attached hydrogen (secondary N) is 1. The molecule has 2 heteroatoms. The third-order valence-corrected chi connectivity index (χ3v) is 4.12. The molecule has 0 radical (unpaired) electrons. The quantitative estimate of drug-likeness (QED) is 0.817. The van der Waals surface area contributed by atoms with Crippen molar-refractivity contribution in [3.05, 3.63) is 77.0 Å². The number of quaternary nitrogens is 1. The van der Waals surface area contributed by atoms with Gasteiger partial charge in [-0.15, -0.1) is 0 Å². The summed E-state index contributed by atoms with van der Waals surface area (Å²) in [5, 5.41) is 12.2. The van der Waals surface area contributed by atoms with Crippen LogP contribution in [0.5, 0.6) is 0 Å². The lowest BCUT2D eigenvalue weighted by Gasteiger charge is -2.38. The van der Waals surface area contributed by atoms with E-state index in [-0.39, 0.29) is 0 Å². The second-order valence-electron chi connectivity index (χ2n) is 5.32. The fourth-order valence-corrected chi connectivity index (χ4v) is 3.16. The molecule has 3 unspecified atom stereocenters. The Hall–Kier alpha value is -1.64. The van der Waals surface area contributed by atoms with Gasteiger partial charge in [-0.05, 0) is 11.1 Å². The highest BCUT2D eigenvalue weighted by Gasteiger charge is 2.31. The van der Waals surface area contributed by atoms with E-state index in [4.69, 9.17) is 0 Å². The first kappa shape index (κ1) is 12.4. The van der Waals surface area contributed by atoms with Gasteiger partial charge in [0.2, 0.25) is 0 Å². The van der Waals surface area contributed by atoms with Gasteiger partial charge in [0.25, 0.3) is 0 Å². The summed E-state index contributed by atoms with van der Waals surface area (Å²) in [5.41, 5.74) is 2.66. The minimum Gasteiger partial charge on any atom is -0.634 e. The molecule has 1 saturated heterocycles. The van der Waals surface area contributed by atoms with Gasteiger partial charge in [-0.1, -0.05) is 60.7 Å². The van der Waals surface area contributed by atoms with Crippen molar-refractivity contribution in [1.29, 1.82) is 0 Å². The number of piperidine rings is 1. The second-order valence-corrected chi connectivity index (χ2v) is 5.32. The second kappa shape index (κ2) is 5.55. The van der Waals surface area contributed by atoms with Gasteiger partial charge in [0.1, 0.15) is 0 Å². The van der Waals surface area contributed by atoms with Crippen LogP contribution in [0.3, 0.4) is 0 Å². The highest BCUT2D eigenvalue weighted by Crippen LogP contribution is 2.35. The summed E-state index contributed by atoms with van der Waals surface area (Å²) < 4.78 is 0. The van der Waals surface area contributed by atoms with E-state index in [1.807, 2.05) is 6.07 Å². The third kappa shape index (κ3) is 2.70. The van der Waals surface area contributed by atoms with Crippen molar-refractivity contribution in [2.24, 2.45) is 0 Å². The maximum absolute atomic E-state index is 11.8. The van der Waals surface area contributed by atoms with Crippen molar-refractivity contribution in [2.75, 3.05) is 13.1 Å².